The van der Waals surface area contributed by atoms with Gasteiger partial charge in [0.2, 0.25) is 0 Å². The number of aryl methyl sites for hydroxylation is 2. The largest absolute Gasteiger partial charge is 0.481 e. The lowest BCUT2D eigenvalue weighted by molar-refractivity contribution is -0.136. The van der Waals surface area contributed by atoms with Crippen molar-refractivity contribution in [3.63, 3.8) is 0 Å². The molecule has 6 rings (SSSR count). The van der Waals surface area contributed by atoms with Crippen LogP contribution in [0.25, 0.3) is 22.4 Å². The first-order chi connectivity index (χ1) is 19.0. The van der Waals surface area contributed by atoms with Crippen molar-refractivity contribution in [2.24, 2.45) is 0 Å². The summed E-state index contributed by atoms with van der Waals surface area (Å²) in [5.74, 6) is -0.484. The highest BCUT2D eigenvalue weighted by molar-refractivity contribution is 7.14. The number of anilines is 2. The minimum Gasteiger partial charge on any atom is -0.481 e. The molecule has 0 saturated carbocycles. The van der Waals surface area contributed by atoms with Crippen LogP contribution in [-0.2, 0) is 24.2 Å². The molecule has 0 aliphatic heterocycles. The standard InChI is InChI=1S/C31H27N3O4S/c35-29(36)14-15-32-30(37)22-10-8-20(9-11-22)18-34(25-13-12-21-5-3-6-23(21)16-25)31-33-26(19-39-31)28-17-24-4-1-2-7-27(24)38-28/h1-2,4,7-13,16-17,19H,3,5-6,14-15,18H2,(H,32,37)(H,35,36). The lowest BCUT2D eigenvalue weighted by Crippen LogP contribution is -2.26. The second-order valence-electron chi connectivity index (χ2n) is 9.65. The zero-order chi connectivity index (χ0) is 26.8. The van der Waals surface area contributed by atoms with Crippen LogP contribution in [0.3, 0.4) is 0 Å². The number of carbonyl (C=O) groups is 2. The Labute approximate surface area is 229 Å². The molecular formula is C31H27N3O4S. The molecule has 196 valence electrons. The Hall–Kier alpha value is -4.43. The van der Waals surface area contributed by atoms with Gasteiger partial charge in [0.15, 0.2) is 10.9 Å². The van der Waals surface area contributed by atoms with Gasteiger partial charge in [-0.1, -0.05) is 36.4 Å². The molecule has 0 bridgehead atoms. The Morgan fingerprint density at radius 3 is 2.64 bits per heavy atom. The number of nitrogens with zero attached hydrogens (tertiary/aromatic N) is 2. The summed E-state index contributed by atoms with van der Waals surface area (Å²) < 4.78 is 6.06. The minimum absolute atomic E-state index is 0.0969. The van der Waals surface area contributed by atoms with E-state index in [1.165, 1.54) is 17.5 Å². The van der Waals surface area contributed by atoms with Gasteiger partial charge in [-0.3, -0.25) is 9.59 Å². The highest BCUT2D eigenvalue weighted by atomic mass is 32.1. The lowest BCUT2D eigenvalue weighted by Gasteiger charge is -2.23. The van der Waals surface area contributed by atoms with Crippen LogP contribution < -0.4 is 10.2 Å². The van der Waals surface area contributed by atoms with Crippen LogP contribution >= 0.6 is 11.3 Å². The Morgan fingerprint density at radius 1 is 1.00 bits per heavy atom. The van der Waals surface area contributed by atoms with Gasteiger partial charge in [0.1, 0.15) is 11.3 Å². The molecule has 7 nitrogen and oxygen atoms in total. The molecule has 39 heavy (non-hydrogen) atoms. The summed E-state index contributed by atoms with van der Waals surface area (Å²) in [5.41, 5.74) is 7.04. The normalized spacial score (nSPS) is 12.4. The molecule has 8 heteroatoms. The van der Waals surface area contributed by atoms with Gasteiger partial charge in [0, 0.05) is 28.6 Å². The van der Waals surface area contributed by atoms with Crippen molar-refractivity contribution < 1.29 is 19.1 Å². The number of aliphatic carboxylic acids is 1. The number of carboxylic acids is 1. The molecule has 1 aliphatic carbocycles. The van der Waals surface area contributed by atoms with E-state index in [4.69, 9.17) is 14.5 Å². The van der Waals surface area contributed by atoms with Crippen LogP contribution in [0.4, 0.5) is 10.8 Å². The third kappa shape index (κ3) is 5.42. The maximum Gasteiger partial charge on any atom is 0.305 e. The second kappa shape index (κ2) is 10.7. The van der Waals surface area contributed by atoms with E-state index in [2.05, 4.69) is 28.4 Å². The summed E-state index contributed by atoms with van der Waals surface area (Å²) in [6.45, 7) is 0.673. The Kier molecular flexibility index (Phi) is 6.85. The summed E-state index contributed by atoms with van der Waals surface area (Å²) in [4.78, 5) is 30.3. The zero-order valence-electron chi connectivity index (χ0n) is 21.2. The molecule has 2 heterocycles. The number of aromatic nitrogens is 1. The number of amides is 1. The number of carbonyl (C=O) groups excluding carboxylic acids is 1. The molecule has 0 saturated heterocycles. The monoisotopic (exact) mass is 537 g/mol. The van der Waals surface area contributed by atoms with Crippen LogP contribution in [0.15, 0.2) is 82.6 Å². The number of thiazole rings is 1. The fourth-order valence-electron chi connectivity index (χ4n) is 4.93. The number of nitrogens with one attached hydrogen (secondary N) is 1. The molecule has 1 amide bonds. The average molecular weight is 538 g/mol. The van der Waals surface area contributed by atoms with Gasteiger partial charge in [-0.15, -0.1) is 11.3 Å². The van der Waals surface area contributed by atoms with E-state index in [0.29, 0.717) is 12.1 Å². The van der Waals surface area contributed by atoms with Crippen LogP contribution in [0, 0.1) is 0 Å². The molecule has 0 radical (unpaired) electrons. The van der Waals surface area contributed by atoms with Crippen LogP contribution in [0.5, 0.6) is 0 Å². The van der Waals surface area contributed by atoms with Crippen molar-refractivity contribution in [3.8, 4) is 11.5 Å². The summed E-state index contributed by atoms with van der Waals surface area (Å²) >= 11 is 1.57. The Bertz CT molecular complexity index is 1620. The van der Waals surface area contributed by atoms with E-state index < -0.39 is 5.97 Å². The number of para-hydroxylation sites is 1. The maximum absolute atomic E-state index is 12.4. The van der Waals surface area contributed by atoms with E-state index >= 15 is 0 Å². The van der Waals surface area contributed by atoms with Crippen molar-refractivity contribution in [1.29, 1.82) is 0 Å². The summed E-state index contributed by atoms with van der Waals surface area (Å²) in [7, 11) is 0. The van der Waals surface area contributed by atoms with Crippen molar-refractivity contribution >= 4 is 45.0 Å². The smallest absolute Gasteiger partial charge is 0.305 e. The molecule has 5 aromatic rings. The fraction of sp³-hybridized carbons (Fsp3) is 0.194. The summed E-state index contributed by atoms with van der Waals surface area (Å²) in [6, 6.07) is 24.0. The molecular weight excluding hydrogens is 510 g/mol. The number of hydrogen-bond acceptors (Lipinski definition) is 6. The van der Waals surface area contributed by atoms with Crippen molar-refractivity contribution in [1.82, 2.24) is 10.3 Å². The van der Waals surface area contributed by atoms with E-state index in [1.807, 2.05) is 47.8 Å². The van der Waals surface area contributed by atoms with Gasteiger partial charge in [-0.25, -0.2) is 4.98 Å². The quantitative estimate of drug-likeness (QED) is 0.220. The predicted octanol–water partition coefficient (Wildman–Crippen LogP) is 6.59. The number of rotatable bonds is 9. The van der Waals surface area contributed by atoms with Gasteiger partial charge in [0.05, 0.1) is 13.0 Å². The van der Waals surface area contributed by atoms with Crippen LogP contribution in [-0.4, -0.2) is 28.5 Å². The SMILES string of the molecule is O=C(O)CCNC(=O)c1ccc(CN(c2ccc3c(c2)CCC3)c2nc(-c3cc4ccccc4o3)cs2)cc1. The maximum atomic E-state index is 12.4. The Balaban J connectivity index is 1.27. The molecule has 0 spiro atoms. The highest BCUT2D eigenvalue weighted by Crippen LogP contribution is 2.37. The summed E-state index contributed by atoms with van der Waals surface area (Å²) in [5, 5.41) is 15.4. The number of carboxylic acid groups (broad SMARTS) is 1. The zero-order valence-corrected chi connectivity index (χ0v) is 22.0. The second-order valence-corrected chi connectivity index (χ2v) is 10.5. The first-order valence-corrected chi connectivity index (χ1v) is 13.8. The number of furan rings is 1. The van der Waals surface area contributed by atoms with Crippen LogP contribution in [0.2, 0.25) is 0 Å². The van der Waals surface area contributed by atoms with E-state index in [-0.39, 0.29) is 18.9 Å². The van der Waals surface area contributed by atoms with Crippen molar-refractivity contribution in [2.75, 3.05) is 11.4 Å². The first-order valence-electron chi connectivity index (χ1n) is 13.0. The van der Waals surface area contributed by atoms with E-state index in [9.17, 15) is 9.59 Å². The molecule has 0 unspecified atom stereocenters. The van der Waals surface area contributed by atoms with Gasteiger partial charge < -0.3 is 19.7 Å². The molecule has 3 aromatic carbocycles. The topological polar surface area (TPSA) is 95.7 Å². The molecule has 2 aromatic heterocycles. The third-order valence-electron chi connectivity index (χ3n) is 6.98. The number of fused-ring (bicyclic) bond motifs is 2. The van der Waals surface area contributed by atoms with Gasteiger partial charge in [0.25, 0.3) is 5.91 Å². The van der Waals surface area contributed by atoms with Crippen molar-refractivity contribution in [3.05, 3.63) is 100 Å². The number of benzene rings is 3. The Morgan fingerprint density at radius 2 is 1.82 bits per heavy atom. The van der Waals surface area contributed by atoms with Gasteiger partial charge in [-0.05, 0) is 72.4 Å². The first kappa shape index (κ1) is 24.9. The predicted molar refractivity (Wildman–Crippen MR) is 153 cm³/mol. The van der Waals surface area contributed by atoms with Crippen LogP contribution in [0.1, 0.15) is 39.9 Å². The molecule has 1 aliphatic rings. The average Bonchev–Trinajstić information content (AvgIpc) is 3.70. The fourth-order valence-corrected chi connectivity index (χ4v) is 5.77. The van der Waals surface area contributed by atoms with Crippen molar-refractivity contribution in [2.45, 2.75) is 32.2 Å². The highest BCUT2D eigenvalue weighted by Gasteiger charge is 2.20. The lowest BCUT2D eigenvalue weighted by atomic mass is 10.1. The molecule has 2 N–H and O–H groups in total. The van der Waals surface area contributed by atoms with Gasteiger partial charge >= 0.3 is 5.97 Å². The van der Waals surface area contributed by atoms with Gasteiger partial charge in [-0.2, -0.15) is 0 Å². The molecule has 0 atom stereocenters. The molecule has 0 fully saturated rings. The van der Waals surface area contributed by atoms with E-state index in [1.54, 1.807) is 23.5 Å². The number of hydrogen-bond donors (Lipinski definition) is 2. The third-order valence-corrected chi connectivity index (χ3v) is 7.84. The van der Waals surface area contributed by atoms with E-state index in [0.717, 1.165) is 51.6 Å². The minimum atomic E-state index is -0.942. The summed E-state index contributed by atoms with van der Waals surface area (Å²) in [6.07, 6.45) is 3.29.